The summed E-state index contributed by atoms with van der Waals surface area (Å²) in [5.41, 5.74) is 6.52. The number of hydrogen-bond acceptors (Lipinski definition) is 1. The second kappa shape index (κ2) is 5.27. The molecule has 1 rings (SSSR count). The van der Waals surface area contributed by atoms with Crippen LogP contribution in [0.25, 0.3) is 0 Å². The molecule has 0 fully saturated rings. The van der Waals surface area contributed by atoms with E-state index in [0.29, 0.717) is 0 Å². The highest BCUT2D eigenvalue weighted by atomic mass is 15.1. The van der Waals surface area contributed by atoms with E-state index in [9.17, 15) is 0 Å². The monoisotopic (exact) mass is 190 g/mol. The van der Waals surface area contributed by atoms with Gasteiger partial charge in [-0.15, -0.1) is 0 Å². The number of hydrogen-bond donors (Lipinski definition) is 3. The number of benzene rings is 1. The van der Waals surface area contributed by atoms with Crippen LogP contribution in [0, 0.1) is 11.5 Å². The third-order valence-electron chi connectivity index (χ3n) is 1.98. The predicted octanol–water partition coefficient (Wildman–Crippen LogP) is 1.65. The van der Waals surface area contributed by atoms with Crippen LogP contribution < -0.4 is 11.1 Å². The Morgan fingerprint density at radius 3 is 2.57 bits per heavy atom. The molecule has 0 heterocycles. The van der Waals surface area contributed by atoms with Crippen molar-refractivity contribution in [2.24, 2.45) is 5.73 Å². The van der Waals surface area contributed by atoms with Gasteiger partial charge >= 0.3 is 0 Å². The summed E-state index contributed by atoms with van der Waals surface area (Å²) < 4.78 is 0. The van der Waals surface area contributed by atoms with Crippen molar-refractivity contribution in [2.75, 3.05) is 0 Å². The van der Waals surface area contributed by atoms with Crippen LogP contribution in [0.1, 0.15) is 18.9 Å². The average Bonchev–Trinajstić information content (AvgIpc) is 2.15. The molecule has 4 N–H and O–H groups in total. The van der Waals surface area contributed by atoms with Crippen molar-refractivity contribution in [3.8, 4) is 0 Å². The van der Waals surface area contributed by atoms with Gasteiger partial charge in [0.25, 0.3) is 0 Å². The fraction of sp³-hybridized carbons (Fsp3) is 0.273. The highest BCUT2D eigenvalue weighted by Gasteiger charge is 2.02. The molecule has 0 spiro atoms. The maximum Gasteiger partial charge on any atom is 0.186 e. The third kappa shape index (κ3) is 3.94. The molecule has 0 atom stereocenters. The summed E-state index contributed by atoms with van der Waals surface area (Å²) in [4.78, 5) is 0. The first kappa shape index (κ1) is 10.6. The second-order valence-corrected chi connectivity index (χ2v) is 3.30. The minimum absolute atomic E-state index is 0.00978. The van der Waals surface area contributed by atoms with E-state index in [1.807, 2.05) is 25.1 Å². The molecular formula is C11H16N3. The molecule has 0 amide bonds. The summed E-state index contributed by atoms with van der Waals surface area (Å²) >= 11 is 0. The standard InChI is InChI=1S/C11H16N3/c1-9(14-11(12)13)7-8-10-5-3-2-4-6-10/h2-6H,7-8H2,1H3,(H4,12,13,14). The zero-order chi connectivity index (χ0) is 10.4. The van der Waals surface area contributed by atoms with Gasteiger partial charge in [0.05, 0.1) is 6.04 Å². The molecule has 0 saturated heterocycles. The fourth-order valence-corrected chi connectivity index (χ4v) is 1.27. The molecule has 0 aromatic heterocycles. The second-order valence-electron chi connectivity index (χ2n) is 3.30. The summed E-state index contributed by atoms with van der Waals surface area (Å²) in [5, 5.41) is 9.84. The minimum Gasteiger partial charge on any atom is -0.370 e. The molecule has 3 nitrogen and oxygen atoms in total. The van der Waals surface area contributed by atoms with Crippen LogP contribution in [0.4, 0.5) is 0 Å². The highest BCUT2D eigenvalue weighted by Crippen LogP contribution is 2.07. The largest absolute Gasteiger partial charge is 0.370 e. The molecule has 75 valence electrons. The van der Waals surface area contributed by atoms with Gasteiger partial charge < -0.3 is 11.1 Å². The van der Waals surface area contributed by atoms with E-state index in [-0.39, 0.29) is 5.96 Å². The van der Waals surface area contributed by atoms with Gasteiger partial charge in [-0.1, -0.05) is 30.3 Å². The van der Waals surface area contributed by atoms with Crippen LogP contribution in [0.3, 0.4) is 0 Å². The van der Waals surface area contributed by atoms with Crippen LogP contribution in [-0.4, -0.2) is 5.96 Å². The van der Waals surface area contributed by atoms with Crippen LogP contribution in [0.5, 0.6) is 0 Å². The van der Waals surface area contributed by atoms with E-state index in [1.165, 1.54) is 5.56 Å². The molecule has 0 unspecified atom stereocenters. The Hall–Kier alpha value is -1.51. The van der Waals surface area contributed by atoms with E-state index in [4.69, 9.17) is 11.1 Å². The predicted molar refractivity (Wildman–Crippen MR) is 58.7 cm³/mol. The fourth-order valence-electron chi connectivity index (χ4n) is 1.27. The average molecular weight is 190 g/mol. The van der Waals surface area contributed by atoms with Crippen LogP contribution in [-0.2, 0) is 6.42 Å². The molecule has 1 radical (unpaired) electrons. The molecule has 0 bridgehead atoms. The number of nitrogens with two attached hydrogens (primary N) is 1. The first-order chi connectivity index (χ1) is 6.68. The lowest BCUT2D eigenvalue weighted by molar-refractivity contribution is 0.747. The van der Waals surface area contributed by atoms with Crippen molar-refractivity contribution >= 4 is 5.96 Å². The first-order valence-electron chi connectivity index (χ1n) is 4.66. The normalized spacial score (nSPS) is 10.1. The lowest BCUT2D eigenvalue weighted by Crippen LogP contribution is -2.32. The number of rotatable bonds is 4. The Kier molecular flexibility index (Phi) is 3.98. The molecule has 0 aliphatic heterocycles. The van der Waals surface area contributed by atoms with Gasteiger partial charge in [-0.2, -0.15) is 0 Å². The van der Waals surface area contributed by atoms with Crippen molar-refractivity contribution in [1.29, 1.82) is 5.41 Å². The van der Waals surface area contributed by atoms with Gasteiger partial charge in [-0.05, 0) is 25.3 Å². The summed E-state index contributed by atoms with van der Waals surface area (Å²) in [6.07, 6.45) is 1.89. The van der Waals surface area contributed by atoms with Gasteiger partial charge in [-0.25, -0.2) is 0 Å². The molecule has 0 aliphatic carbocycles. The van der Waals surface area contributed by atoms with Gasteiger partial charge in [0.1, 0.15) is 0 Å². The highest BCUT2D eigenvalue weighted by molar-refractivity contribution is 5.75. The van der Waals surface area contributed by atoms with Crippen molar-refractivity contribution in [3.63, 3.8) is 0 Å². The van der Waals surface area contributed by atoms with Gasteiger partial charge in [-0.3, -0.25) is 5.41 Å². The molecule has 14 heavy (non-hydrogen) atoms. The summed E-state index contributed by atoms with van der Waals surface area (Å²) in [6, 6.07) is 11.3. The summed E-state index contributed by atoms with van der Waals surface area (Å²) in [7, 11) is 0. The first-order valence-corrected chi connectivity index (χ1v) is 4.66. The Bertz CT molecular complexity index is 282. The van der Waals surface area contributed by atoms with E-state index in [2.05, 4.69) is 17.4 Å². The Balaban J connectivity index is 2.30. The lowest BCUT2D eigenvalue weighted by atomic mass is 10.1. The summed E-state index contributed by atoms with van der Waals surface area (Å²) in [6.45, 7) is 1.95. The SMILES string of the molecule is C[C](CCc1ccccc1)NC(=N)N. The summed E-state index contributed by atoms with van der Waals surface area (Å²) in [5.74, 6) is 0.00978. The Labute approximate surface area is 84.8 Å². The van der Waals surface area contributed by atoms with E-state index in [0.717, 1.165) is 18.9 Å². The smallest absolute Gasteiger partial charge is 0.186 e. The van der Waals surface area contributed by atoms with Gasteiger partial charge in [0.15, 0.2) is 5.96 Å². The van der Waals surface area contributed by atoms with Crippen molar-refractivity contribution in [1.82, 2.24) is 5.32 Å². The van der Waals surface area contributed by atoms with Crippen LogP contribution in [0.15, 0.2) is 30.3 Å². The topological polar surface area (TPSA) is 61.9 Å². The number of aryl methyl sites for hydroxylation is 1. The minimum atomic E-state index is 0.00978. The maximum absolute atomic E-state index is 7.05. The number of guanidine groups is 1. The molecule has 0 aliphatic rings. The number of nitrogens with one attached hydrogen (secondary N) is 2. The zero-order valence-electron chi connectivity index (χ0n) is 8.38. The molecule has 0 saturated carbocycles. The molecule has 1 aromatic rings. The quantitative estimate of drug-likeness (QED) is 0.499. The third-order valence-corrected chi connectivity index (χ3v) is 1.98. The van der Waals surface area contributed by atoms with Crippen molar-refractivity contribution in [2.45, 2.75) is 19.8 Å². The van der Waals surface area contributed by atoms with Crippen LogP contribution in [0.2, 0.25) is 0 Å². The molecule has 3 heteroatoms. The van der Waals surface area contributed by atoms with Gasteiger partial charge in [0.2, 0.25) is 0 Å². The van der Waals surface area contributed by atoms with E-state index in [1.54, 1.807) is 0 Å². The molecule has 1 aromatic carbocycles. The zero-order valence-corrected chi connectivity index (χ0v) is 8.38. The van der Waals surface area contributed by atoms with E-state index >= 15 is 0 Å². The van der Waals surface area contributed by atoms with E-state index < -0.39 is 0 Å². The molecular weight excluding hydrogens is 174 g/mol. The Morgan fingerprint density at radius 1 is 1.36 bits per heavy atom. The lowest BCUT2D eigenvalue weighted by Gasteiger charge is -2.11. The van der Waals surface area contributed by atoms with Crippen molar-refractivity contribution in [3.05, 3.63) is 41.9 Å². The maximum atomic E-state index is 7.05. The van der Waals surface area contributed by atoms with Crippen LogP contribution >= 0.6 is 0 Å². The van der Waals surface area contributed by atoms with Gasteiger partial charge in [0, 0.05) is 0 Å². The Morgan fingerprint density at radius 2 is 2.00 bits per heavy atom. The van der Waals surface area contributed by atoms with Crippen molar-refractivity contribution < 1.29 is 0 Å².